The van der Waals surface area contributed by atoms with Gasteiger partial charge in [0, 0.05) is 44.7 Å². The zero-order valence-electron chi connectivity index (χ0n) is 17.1. The number of guanidine groups is 1. The van der Waals surface area contributed by atoms with Crippen LogP contribution in [0.3, 0.4) is 0 Å². The van der Waals surface area contributed by atoms with E-state index >= 15 is 0 Å². The molecule has 0 aliphatic carbocycles. The highest BCUT2D eigenvalue weighted by atomic mass is 32.1. The zero-order valence-corrected chi connectivity index (χ0v) is 17.9. The van der Waals surface area contributed by atoms with Crippen molar-refractivity contribution in [2.75, 3.05) is 59.6 Å². The second-order valence-electron chi connectivity index (χ2n) is 6.63. The number of thiophene rings is 1. The monoisotopic (exact) mass is 411 g/mol. The molecule has 0 spiro atoms. The highest BCUT2D eigenvalue weighted by Crippen LogP contribution is 2.26. The van der Waals surface area contributed by atoms with Crippen LogP contribution in [-0.2, 0) is 14.3 Å². The Morgan fingerprint density at radius 1 is 1.46 bits per heavy atom. The van der Waals surface area contributed by atoms with Crippen molar-refractivity contribution in [1.82, 2.24) is 20.9 Å². The van der Waals surface area contributed by atoms with E-state index in [9.17, 15) is 4.79 Å². The molecule has 0 bridgehead atoms. The number of morpholine rings is 1. The maximum Gasteiger partial charge on any atom is 0.241 e. The van der Waals surface area contributed by atoms with Crippen molar-refractivity contribution in [1.29, 1.82) is 0 Å². The summed E-state index contributed by atoms with van der Waals surface area (Å²) in [7, 11) is 1.61. The van der Waals surface area contributed by atoms with E-state index < -0.39 is 0 Å². The summed E-state index contributed by atoms with van der Waals surface area (Å²) in [5.41, 5.74) is 0. The second kappa shape index (κ2) is 12.7. The Bertz CT molecular complexity index is 596. The lowest BCUT2D eigenvalue weighted by Crippen LogP contribution is -2.48. The van der Waals surface area contributed by atoms with Crippen LogP contribution >= 0.6 is 11.3 Å². The fourth-order valence-corrected chi connectivity index (χ4v) is 3.91. The third-order valence-corrected chi connectivity index (χ3v) is 5.37. The predicted molar refractivity (Wildman–Crippen MR) is 113 cm³/mol. The van der Waals surface area contributed by atoms with Crippen LogP contribution in [-0.4, -0.2) is 82.5 Å². The quantitative estimate of drug-likeness (QED) is 0.300. The number of nitrogens with zero attached hydrogens (tertiary/aromatic N) is 2. The first-order valence-electron chi connectivity index (χ1n) is 9.80. The second-order valence-corrected chi connectivity index (χ2v) is 7.61. The van der Waals surface area contributed by atoms with Crippen molar-refractivity contribution in [3.63, 3.8) is 0 Å². The number of methoxy groups -OCH3 is 1. The number of hydrogen-bond donors (Lipinski definition) is 3. The van der Waals surface area contributed by atoms with Crippen LogP contribution in [0.4, 0.5) is 0 Å². The number of amides is 1. The minimum atomic E-state index is -0.119. The van der Waals surface area contributed by atoms with Crippen molar-refractivity contribution in [2.24, 2.45) is 4.99 Å². The molecule has 8 nitrogen and oxygen atoms in total. The normalized spacial score (nSPS) is 19.2. The summed E-state index contributed by atoms with van der Waals surface area (Å²) < 4.78 is 10.6. The maximum atomic E-state index is 11.9. The van der Waals surface area contributed by atoms with Gasteiger partial charge in [0.05, 0.1) is 25.4 Å². The van der Waals surface area contributed by atoms with Gasteiger partial charge < -0.3 is 25.4 Å². The Kier molecular flexibility index (Phi) is 10.3. The number of ether oxygens (including phenoxy) is 2. The molecular formula is C19H33N5O3S. The van der Waals surface area contributed by atoms with Gasteiger partial charge in [0.15, 0.2) is 5.96 Å². The Balaban J connectivity index is 1.95. The zero-order chi connectivity index (χ0) is 20.2. The van der Waals surface area contributed by atoms with Crippen LogP contribution < -0.4 is 16.0 Å². The molecule has 9 heteroatoms. The first-order chi connectivity index (χ1) is 13.6. The van der Waals surface area contributed by atoms with Crippen molar-refractivity contribution in [2.45, 2.75) is 26.0 Å². The summed E-state index contributed by atoms with van der Waals surface area (Å²) in [5.74, 6) is 0.526. The molecular weight excluding hydrogens is 378 g/mol. The Morgan fingerprint density at radius 3 is 3.00 bits per heavy atom. The minimum absolute atomic E-state index is 0.0807. The van der Waals surface area contributed by atoms with E-state index in [4.69, 9.17) is 9.47 Å². The average molecular weight is 412 g/mol. The molecule has 0 aromatic carbocycles. The van der Waals surface area contributed by atoms with E-state index in [0.29, 0.717) is 25.7 Å². The molecule has 28 heavy (non-hydrogen) atoms. The standard InChI is InChI=1S/C19H33N5O3S/c1-4-20-19(23-13-18(25)21-7-9-26-3)22-12-16(17-6-5-11-28-17)24-8-10-27-15(2)14-24/h5-6,11,15-16H,4,7-10,12-14H2,1-3H3,(H,21,25)(H2,20,22,23). The summed E-state index contributed by atoms with van der Waals surface area (Å²) in [6, 6.07) is 4.50. The van der Waals surface area contributed by atoms with E-state index in [1.165, 1.54) is 4.88 Å². The van der Waals surface area contributed by atoms with Crippen LogP contribution in [0.5, 0.6) is 0 Å². The molecule has 1 amide bonds. The van der Waals surface area contributed by atoms with Crippen LogP contribution in [0.1, 0.15) is 24.8 Å². The minimum Gasteiger partial charge on any atom is -0.383 e. The molecule has 1 saturated heterocycles. The van der Waals surface area contributed by atoms with Gasteiger partial charge >= 0.3 is 0 Å². The number of hydrogen-bond acceptors (Lipinski definition) is 6. The van der Waals surface area contributed by atoms with Crippen LogP contribution in [0.15, 0.2) is 22.5 Å². The van der Waals surface area contributed by atoms with E-state index in [1.807, 2.05) is 6.92 Å². The van der Waals surface area contributed by atoms with Crippen LogP contribution in [0, 0.1) is 0 Å². The molecule has 1 aliphatic rings. The number of nitrogens with one attached hydrogen (secondary N) is 3. The number of carbonyl (C=O) groups is 1. The first kappa shape index (κ1) is 22.6. The van der Waals surface area contributed by atoms with Crippen LogP contribution in [0.2, 0.25) is 0 Å². The molecule has 1 aromatic rings. The van der Waals surface area contributed by atoms with Gasteiger partial charge in [0.2, 0.25) is 5.91 Å². The molecule has 3 N–H and O–H groups in total. The van der Waals surface area contributed by atoms with E-state index in [0.717, 1.165) is 26.2 Å². The van der Waals surface area contributed by atoms with Gasteiger partial charge in [0.1, 0.15) is 6.54 Å². The Labute approximate surface area is 171 Å². The summed E-state index contributed by atoms with van der Waals surface area (Å²) in [4.78, 5) is 20.1. The fourth-order valence-electron chi connectivity index (χ4n) is 3.05. The highest BCUT2D eigenvalue weighted by molar-refractivity contribution is 7.10. The van der Waals surface area contributed by atoms with Gasteiger partial charge in [-0.1, -0.05) is 6.07 Å². The number of rotatable bonds is 10. The summed E-state index contributed by atoms with van der Waals surface area (Å²) in [5, 5.41) is 11.5. The molecule has 2 unspecified atom stereocenters. The van der Waals surface area contributed by atoms with E-state index in [-0.39, 0.29) is 24.6 Å². The van der Waals surface area contributed by atoms with Gasteiger partial charge in [-0.25, -0.2) is 4.99 Å². The third-order valence-electron chi connectivity index (χ3n) is 4.40. The predicted octanol–water partition coefficient (Wildman–Crippen LogP) is 0.828. The molecule has 1 fully saturated rings. The maximum absolute atomic E-state index is 11.9. The lowest BCUT2D eigenvalue weighted by atomic mass is 10.1. The molecule has 2 atom stereocenters. The van der Waals surface area contributed by atoms with Gasteiger partial charge in [-0.2, -0.15) is 0 Å². The van der Waals surface area contributed by atoms with Gasteiger partial charge in [-0.3, -0.25) is 9.69 Å². The van der Waals surface area contributed by atoms with Gasteiger partial charge in [-0.15, -0.1) is 11.3 Å². The fraction of sp³-hybridized carbons (Fsp3) is 0.684. The third kappa shape index (κ3) is 7.75. The Morgan fingerprint density at radius 2 is 2.32 bits per heavy atom. The number of aliphatic imine (C=N–C) groups is 1. The smallest absolute Gasteiger partial charge is 0.241 e. The molecule has 2 rings (SSSR count). The SMILES string of the molecule is CCNC(=NCC(=O)NCCOC)NCC(c1cccs1)N1CCOC(C)C1. The summed E-state index contributed by atoms with van der Waals surface area (Å²) in [6.45, 7) is 9.19. The van der Waals surface area contributed by atoms with E-state index in [1.54, 1.807) is 18.4 Å². The van der Waals surface area contributed by atoms with Crippen LogP contribution in [0.25, 0.3) is 0 Å². The highest BCUT2D eigenvalue weighted by Gasteiger charge is 2.26. The summed E-state index contributed by atoms with van der Waals surface area (Å²) in [6.07, 6.45) is 0.230. The first-order valence-corrected chi connectivity index (χ1v) is 10.7. The van der Waals surface area contributed by atoms with E-state index in [2.05, 4.69) is 50.3 Å². The topological polar surface area (TPSA) is 87.2 Å². The summed E-state index contributed by atoms with van der Waals surface area (Å²) >= 11 is 1.76. The number of carbonyl (C=O) groups excluding carboxylic acids is 1. The molecule has 0 radical (unpaired) electrons. The van der Waals surface area contributed by atoms with Gasteiger partial charge in [0.25, 0.3) is 0 Å². The molecule has 158 valence electrons. The average Bonchev–Trinajstić information content (AvgIpc) is 3.21. The lowest BCUT2D eigenvalue weighted by Gasteiger charge is -2.37. The van der Waals surface area contributed by atoms with Crippen molar-refractivity contribution in [3.8, 4) is 0 Å². The molecule has 1 aliphatic heterocycles. The van der Waals surface area contributed by atoms with Crippen molar-refractivity contribution < 1.29 is 14.3 Å². The molecule has 0 saturated carbocycles. The van der Waals surface area contributed by atoms with Crippen molar-refractivity contribution in [3.05, 3.63) is 22.4 Å². The van der Waals surface area contributed by atoms with Gasteiger partial charge in [-0.05, 0) is 25.3 Å². The lowest BCUT2D eigenvalue weighted by molar-refractivity contribution is -0.119. The largest absolute Gasteiger partial charge is 0.383 e. The molecule has 1 aromatic heterocycles. The Hall–Kier alpha value is -1.68. The molecule has 2 heterocycles. The van der Waals surface area contributed by atoms with Crippen molar-refractivity contribution >= 4 is 23.2 Å².